The van der Waals surface area contributed by atoms with Crippen LogP contribution in [0.5, 0.6) is 5.75 Å². The molecule has 0 aromatic heterocycles. The van der Waals surface area contributed by atoms with E-state index in [0.29, 0.717) is 5.75 Å². The van der Waals surface area contributed by atoms with Gasteiger partial charge in [0, 0.05) is 17.7 Å². The molecule has 1 aromatic carbocycles. The van der Waals surface area contributed by atoms with Crippen molar-refractivity contribution in [2.45, 2.75) is 32.7 Å². The van der Waals surface area contributed by atoms with Gasteiger partial charge < -0.3 is 5.11 Å². The lowest BCUT2D eigenvalue weighted by atomic mass is 10.1. The van der Waals surface area contributed by atoms with Gasteiger partial charge in [0.25, 0.3) is 0 Å². The van der Waals surface area contributed by atoms with Gasteiger partial charge in [0.1, 0.15) is 5.75 Å². The zero-order valence-corrected chi connectivity index (χ0v) is 10.5. The number of aromatic hydroxyl groups is 1. The molecule has 17 heavy (non-hydrogen) atoms. The summed E-state index contributed by atoms with van der Waals surface area (Å²) >= 11 is 0. The Kier molecular flexibility index (Phi) is 4.21. The number of benzene rings is 1. The maximum Gasteiger partial charge on any atom is 0.127 e. The smallest absolute Gasteiger partial charge is 0.127 e. The van der Waals surface area contributed by atoms with Crippen molar-refractivity contribution < 1.29 is 5.11 Å². The largest absolute Gasteiger partial charge is 0.507 e. The van der Waals surface area contributed by atoms with Gasteiger partial charge in [-0.3, -0.25) is 4.90 Å². The fourth-order valence-corrected chi connectivity index (χ4v) is 2.41. The highest BCUT2D eigenvalue weighted by atomic mass is 16.3. The first-order chi connectivity index (χ1) is 8.31. The van der Waals surface area contributed by atoms with Crippen molar-refractivity contribution in [2.75, 3.05) is 13.1 Å². The average Bonchev–Trinajstić information content (AvgIpc) is 2.36. The molecule has 2 nitrogen and oxygen atoms in total. The van der Waals surface area contributed by atoms with E-state index >= 15 is 0 Å². The maximum absolute atomic E-state index is 10.2. The predicted octanol–water partition coefficient (Wildman–Crippen LogP) is 3.41. The van der Waals surface area contributed by atoms with Crippen molar-refractivity contribution in [1.29, 1.82) is 0 Å². The quantitative estimate of drug-likeness (QED) is 0.861. The molecule has 92 valence electrons. The molecule has 0 amide bonds. The lowest BCUT2D eigenvalue weighted by Gasteiger charge is -2.26. The van der Waals surface area contributed by atoms with Gasteiger partial charge in [0.05, 0.1) is 0 Å². The number of piperidine rings is 1. The van der Waals surface area contributed by atoms with Crippen molar-refractivity contribution >= 4 is 6.08 Å². The Morgan fingerprint density at radius 1 is 1.24 bits per heavy atom. The van der Waals surface area contributed by atoms with Crippen molar-refractivity contribution in [3.8, 4) is 5.75 Å². The minimum absolute atomic E-state index is 0.441. The van der Waals surface area contributed by atoms with Crippen LogP contribution in [0.1, 0.15) is 37.3 Å². The fraction of sp³-hybridized carbons (Fsp3) is 0.467. The van der Waals surface area contributed by atoms with Crippen molar-refractivity contribution in [3.63, 3.8) is 0 Å². The minimum Gasteiger partial charge on any atom is -0.507 e. The lowest BCUT2D eigenvalue weighted by Crippen LogP contribution is -2.29. The van der Waals surface area contributed by atoms with Crippen molar-refractivity contribution in [3.05, 3.63) is 35.4 Å². The summed E-state index contributed by atoms with van der Waals surface area (Å²) in [6, 6.07) is 6.00. The predicted molar refractivity (Wildman–Crippen MR) is 71.9 cm³/mol. The summed E-state index contributed by atoms with van der Waals surface area (Å²) in [6.07, 6.45) is 7.83. The molecule has 1 aliphatic heterocycles. The molecular formula is C15H21NO. The molecule has 1 fully saturated rings. The zero-order chi connectivity index (χ0) is 12.1. The molecule has 1 aliphatic rings. The van der Waals surface area contributed by atoms with Crippen LogP contribution in [0, 0.1) is 0 Å². The van der Waals surface area contributed by atoms with Crippen LogP contribution in [0.4, 0.5) is 0 Å². The molecule has 0 atom stereocenters. The Morgan fingerprint density at radius 3 is 2.71 bits per heavy atom. The lowest BCUT2D eigenvalue weighted by molar-refractivity contribution is 0.218. The molecule has 0 spiro atoms. The molecule has 0 bridgehead atoms. The summed E-state index contributed by atoms with van der Waals surface area (Å²) in [4.78, 5) is 2.43. The standard InChI is InChI=1S/C15H21NO/c1-2-7-13-8-6-9-14(15(13)17)12-16-10-4-3-5-11-16/h2,6-9,17H,3-5,10-12H2,1H3. The third-order valence-corrected chi connectivity index (χ3v) is 3.34. The van der Waals surface area contributed by atoms with Crippen LogP contribution >= 0.6 is 0 Å². The average molecular weight is 231 g/mol. The van der Waals surface area contributed by atoms with Gasteiger partial charge >= 0.3 is 0 Å². The monoisotopic (exact) mass is 231 g/mol. The van der Waals surface area contributed by atoms with Crippen LogP contribution < -0.4 is 0 Å². The van der Waals surface area contributed by atoms with E-state index in [1.807, 2.05) is 37.3 Å². The number of nitrogens with zero attached hydrogens (tertiary/aromatic N) is 1. The van der Waals surface area contributed by atoms with E-state index in [-0.39, 0.29) is 0 Å². The van der Waals surface area contributed by atoms with Crippen LogP contribution in [0.3, 0.4) is 0 Å². The highest BCUT2D eigenvalue weighted by Gasteiger charge is 2.13. The third kappa shape index (κ3) is 3.10. The minimum atomic E-state index is 0.441. The SMILES string of the molecule is CC=Cc1cccc(CN2CCCCC2)c1O. The van der Waals surface area contributed by atoms with E-state index in [9.17, 15) is 5.11 Å². The summed E-state index contributed by atoms with van der Waals surface area (Å²) in [6.45, 7) is 5.16. The molecule has 0 aliphatic carbocycles. The van der Waals surface area contributed by atoms with Crippen LogP contribution in [0.2, 0.25) is 0 Å². The van der Waals surface area contributed by atoms with E-state index in [2.05, 4.69) is 4.90 Å². The number of rotatable bonds is 3. The number of likely N-dealkylation sites (tertiary alicyclic amines) is 1. The second-order valence-corrected chi connectivity index (χ2v) is 4.69. The van der Waals surface area contributed by atoms with E-state index in [1.165, 1.54) is 19.3 Å². The van der Waals surface area contributed by atoms with Crippen molar-refractivity contribution in [2.24, 2.45) is 0 Å². The fourth-order valence-electron chi connectivity index (χ4n) is 2.41. The Hall–Kier alpha value is -1.28. The topological polar surface area (TPSA) is 23.5 Å². The first kappa shape index (κ1) is 12.2. The highest BCUT2D eigenvalue weighted by Crippen LogP contribution is 2.25. The number of phenols is 1. The van der Waals surface area contributed by atoms with Crippen LogP contribution in [0.25, 0.3) is 6.08 Å². The summed E-state index contributed by atoms with van der Waals surface area (Å²) in [5.74, 6) is 0.441. The summed E-state index contributed by atoms with van der Waals surface area (Å²) in [7, 11) is 0. The first-order valence-corrected chi connectivity index (χ1v) is 6.47. The van der Waals surface area contributed by atoms with Gasteiger partial charge in [-0.05, 0) is 32.9 Å². The number of hydrogen-bond donors (Lipinski definition) is 1. The Bertz CT molecular complexity index is 392. The second-order valence-electron chi connectivity index (χ2n) is 4.69. The summed E-state index contributed by atoms with van der Waals surface area (Å²) in [5, 5.41) is 10.2. The first-order valence-electron chi connectivity index (χ1n) is 6.47. The van der Waals surface area contributed by atoms with Crippen LogP contribution in [-0.4, -0.2) is 23.1 Å². The third-order valence-electron chi connectivity index (χ3n) is 3.34. The molecule has 0 radical (unpaired) electrons. The summed E-state index contributed by atoms with van der Waals surface area (Å²) in [5.41, 5.74) is 1.96. The normalized spacial score (nSPS) is 17.7. The van der Waals surface area contributed by atoms with E-state index in [1.54, 1.807) is 0 Å². The van der Waals surface area contributed by atoms with Crippen LogP contribution in [0.15, 0.2) is 24.3 Å². The van der Waals surface area contributed by atoms with E-state index in [4.69, 9.17) is 0 Å². The van der Waals surface area contributed by atoms with E-state index in [0.717, 1.165) is 30.8 Å². The maximum atomic E-state index is 10.2. The van der Waals surface area contributed by atoms with Crippen LogP contribution in [-0.2, 0) is 6.54 Å². The molecule has 2 heteroatoms. The number of para-hydroxylation sites is 1. The van der Waals surface area contributed by atoms with Gasteiger partial charge in [0.2, 0.25) is 0 Å². The molecule has 1 heterocycles. The zero-order valence-electron chi connectivity index (χ0n) is 10.5. The molecule has 2 rings (SSSR count). The highest BCUT2D eigenvalue weighted by molar-refractivity contribution is 5.59. The number of hydrogen-bond acceptors (Lipinski definition) is 2. The van der Waals surface area contributed by atoms with Gasteiger partial charge in [0.15, 0.2) is 0 Å². The molecule has 1 N–H and O–H groups in total. The summed E-state index contributed by atoms with van der Waals surface area (Å²) < 4.78 is 0. The molecule has 0 saturated carbocycles. The number of phenolic OH excluding ortho intramolecular Hbond substituents is 1. The Morgan fingerprint density at radius 2 is 2.00 bits per heavy atom. The Labute approximate surface area is 104 Å². The number of allylic oxidation sites excluding steroid dienone is 1. The second kappa shape index (κ2) is 5.87. The van der Waals surface area contributed by atoms with Gasteiger partial charge in [-0.15, -0.1) is 0 Å². The van der Waals surface area contributed by atoms with Gasteiger partial charge in [-0.25, -0.2) is 0 Å². The van der Waals surface area contributed by atoms with E-state index < -0.39 is 0 Å². The molecule has 1 aromatic rings. The molecule has 0 unspecified atom stereocenters. The molecule has 1 saturated heterocycles. The Balaban J connectivity index is 2.12. The molecular weight excluding hydrogens is 210 g/mol. The van der Waals surface area contributed by atoms with Gasteiger partial charge in [-0.2, -0.15) is 0 Å². The van der Waals surface area contributed by atoms with Crippen molar-refractivity contribution in [1.82, 2.24) is 4.90 Å². The van der Waals surface area contributed by atoms with Gasteiger partial charge in [-0.1, -0.05) is 36.8 Å².